The van der Waals surface area contributed by atoms with E-state index < -0.39 is 12.0 Å². The van der Waals surface area contributed by atoms with Crippen molar-refractivity contribution in [3.63, 3.8) is 0 Å². The number of carboxylic acid groups (broad SMARTS) is 1. The first-order chi connectivity index (χ1) is 11.6. The highest BCUT2D eigenvalue weighted by atomic mass is 32.2. The lowest BCUT2D eigenvalue weighted by molar-refractivity contribution is -0.152. The van der Waals surface area contributed by atoms with Crippen LogP contribution in [0.5, 0.6) is 0 Å². The average molecular weight is 355 g/mol. The van der Waals surface area contributed by atoms with Crippen LogP contribution in [0.25, 0.3) is 0 Å². The number of piperidine rings is 1. The van der Waals surface area contributed by atoms with Crippen LogP contribution >= 0.6 is 11.8 Å². The van der Waals surface area contributed by atoms with E-state index >= 15 is 0 Å². The Kier molecular flexibility index (Phi) is 5.53. The molecule has 0 aromatic heterocycles. The first kappa shape index (κ1) is 17.4. The molecule has 3 fully saturated rings. The quantitative estimate of drug-likeness (QED) is 0.491. The van der Waals surface area contributed by atoms with Gasteiger partial charge < -0.3 is 20.6 Å². The number of carbonyl (C=O) groups is 3. The highest BCUT2D eigenvalue weighted by Crippen LogP contribution is 2.33. The zero-order chi connectivity index (χ0) is 17.1. The zero-order valence-electron chi connectivity index (χ0n) is 13.7. The molecule has 7 nitrogen and oxygen atoms in total. The highest BCUT2D eigenvalue weighted by Gasteiger charge is 2.42. The Balaban J connectivity index is 1.39. The largest absolute Gasteiger partial charge is 0.480 e. The number of hydrogen-bond donors (Lipinski definition) is 3. The minimum atomic E-state index is -0.888. The minimum Gasteiger partial charge on any atom is -0.480 e. The third kappa shape index (κ3) is 3.79. The van der Waals surface area contributed by atoms with Crippen LogP contribution in [-0.2, 0) is 9.59 Å². The molecule has 3 rings (SSSR count). The number of fused-ring (bicyclic) bond motifs is 1. The number of unbranched alkanes of at least 4 members (excludes halogenated alkanes) is 1. The standard InChI is InChI=1S/C16H25N3O4S/c20-13(19-8-4-3-5-11(19)15(21)22)7-2-1-6-12-14-10(9-24-12)17-16(23)18-14/h10-12,14H,1-9H2,(H,21,22)(H2,17,18,23)/t10-,11+,12-,14-/m0/s1. The normalized spacial score (nSPS) is 32.2. The SMILES string of the molecule is O=C1N[C@H]2[C@H](CS[C@H]2CCCCC(=O)N2CCCC[C@@H]2C(=O)O)N1. The average Bonchev–Trinajstić information content (AvgIpc) is 3.11. The molecule has 3 saturated heterocycles. The van der Waals surface area contributed by atoms with Crippen molar-refractivity contribution >= 4 is 29.7 Å². The van der Waals surface area contributed by atoms with Gasteiger partial charge in [0.25, 0.3) is 0 Å². The highest BCUT2D eigenvalue weighted by molar-refractivity contribution is 8.00. The molecule has 3 aliphatic rings. The van der Waals surface area contributed by atoms with E-state index in [1.807, 2.05) is 11.8 Å². The van der Waals surface area contributed by atoms with E-state index in [4.69, 9.17) is 0 Å². The van der Waals surface area contributed by atoms with E-state index in [0.717, 1.165) is 37.9 Å². The fraction of sp³-hybridized carbons (Fsp3) is 0.812. The molecule has 0 aliphatic carbocycles. The van der Waals surface area contributed by atoms with Crippen LogP contribution in [0.4, 0.5) is 4.79 Å². The lowest BCUT2D eigenvalue weighted by atomic mass is 10.0. The van der Waals surface area contributed by atoms with Crippen molar-refractivity contribution in [2.24, 2.45) is 0 Å². The number of aliphatic carboxylic acids is 1. The van der Waals surface area contributed by atoms with Crippen molar-refractivity contribution in [2.75, 3.05) is 12.3 Å². The second-order valence-electron chi connectivity index (χ2n) is 6.80. The van der Waals surface area contributed by atoms with E-state index in [9.17, 15) is 19.5 Å². The summed E-state index contributed by atoms with van der Waals surface area (Å²) >= 11 is 1.88. The molecule has 24 heavy (non-hydrogen) atoms. The number of rotatable bonds is 6. The molecule has 0 saturated carbocycles. The topological polar surface area (TPSA) is 98.7 Å². The molecule has 8 heteroatoms. The lowest BCUT2D eigenvalue weighted by Crippen LogP contribution is -2.47. The number of amides is 3. The predicted molar refractivity (Wildman–Crippen MR) is 90.9 cm³/mol. The fourth-order valence-electron chi connectivity index (χ4n) is 3.90. The Bertz CT molecular complexity index is 516. The van der Waals surface area contributed by atoms with Gasteiger partial charge in [-0.1, -0.05) is 6.42 Å². The first-order valence-electron chi connectivity index (χ1n) is 8.77. The van der Waals surface area contributed by atoms with Crippen molar-refractivity contribution in [2.45, 2.75) is 68.3 Å². The Hall–Kier alpha value is -1.44. The van der Waals surface area contributed by atoms with Crippen molar-refractivity contribution < 1.29 is 19.5 Å². The number of urea groups is 1. The molecule has 0 spiro atoms. The molecule has 0 aromatic rings. The van der Waals surface area contributed by atoms with E-state index in [-0.39, 0.29) is 24.0 Å². The van der Waals surface area contributed by atoms with E-state index in [1.165, 1.54) is 0 Å². The van der Waals surface area contributed by atoms with Crippen molar-refractivity contribution in [3.05, 3.63) is 0 Å². The molecule has 4 atom stereocenters. The van der Waals surface area contributed by atoms with Gasteiger partial charge in [-0.25, -0.2) is 9.59 Å². The lowest BCUT2D eigenvalue weighted by Gasteiger charge is -2.33. The molecule has 0 aromatic carbocycles. The number of carboxylic acids is 1. The summed E-state index contributed by atoms with van der Waals surface area (Å²) in [5.41, 5.74) is 0. The van der Waals surface area contributed by atoms with Gasteiger partial charge in [-0.05, 0) is 32.1 Å². The maximum Gasteiger partial charge on any atom is 0.326 e. The molecule has 3 N–H and O–H groups in total. The molecule has 3 aliphatic heterocycles. The van der Waals surface area contributed by atoms with Crippen LogP contribution in [0, 0.1) is 0 Å². The van der Waals surface area contributed by atoms with Crippen LogP contribution < -0.4 is 10.6 Å². The number of carbonyl (C=O) groups excluding carboxylic acids is 2. The van der Waals surface area contributed by atoms with E-state index in [0.29, 0.717) is 24.6 Å². The zero-order valence-corrected chi connectivity index (χ0v) is 14.5. The fourth-order valence-corrected chi connectivity index (χ4v) is 5.44. The van der Waals surface area contributed by atoms with Crippen LogP contribution in [0.1, 0.15) is 44.9 Å². The van der Waals surface area contributed by atoms with Gasteiger partial charge in [0.15, 0.2) is 0 Å². The molecular formula is C16H25N3O4S. The van der Waals surface area contributed by atoms with Gasteiger partial charge in [0.2, 0.25) is 5.91 Å². The van der Waals surface area contributed by atoms with Crippen molar-refractivity contribution in [1.82, 2.24) is 15.5 Å². The van der Waals surface area contributed by atoms with Crippen LogP contribution in [0.2, 0.25) is 0 Å². The van der Waals surface area contributed by atoms with Crippen molar-refractivity contribution in [3.8, 4) is 0 Å². The van der Waals surface area contributed by atoms with Gasteiger partial charge in [0.1, 0.15) is 6.04 Å². The maximum absolute atomic E-state index is 12.3. The third-order valence-electron chi connectivity index (χ3n) is 5.18. The molecule has 0 radical (unpaired) electrons. The summed E-state index contributed by atoms with van der Waals surface area (Å²) in [5, 5.41) is 15.6. The van der Waals surface area contributed by atoms with Crippen LogP contribution in [0.15, 0.2) is 0 Å². The molecule has 0 unspecified atom stereocenters. The summed E-state index contributed by atoms with van der Waals surface area (Å²) < 4.78 is 0. The first-order valence-corrected chi connectivity index (χ1v) is 9.82. The number of nitrogens with zero attached hydrogens (tertiary/aromatic N) is 1. The molecule has 3 amide bonds. The molecule has 0 bridgehead atoms. The van der Waals surface area contributed by atoms with Gasteiger partial charge in [-0.15, -0.1) is 0 Å². The Morgan fingerprint density at radius 1 is 1.25 bits per heavy atom. The van der Waals surface area contributed by atoms with Crippen molar-refractivity contribution in [1.29, 1.82) is 0 Å². The summed E-state index contributed by atoms with van der Waals surface area (Å²) in [5.74, 6) is 0.0250. The van der Waals surface area contributed by atoms with Gasteiger partial charge >= 0.3 is 12.0 Å². The smallest absolute Gasteiger partial charge is 0.326 e. The van der Waals surface area contributed by atoms with Gasteiger partial charge in [0.05, 0.1) is 12.1 Å². The van der Waals surface area contributed by atoms with Gasteiger partial charge in [-0.3, -0.25) is 4.79 Å². The Morgan fingerprint density at radius 2 is 2.08 bits per heavy atom. The summed E-state index contributed by atoms with van der Waals surface area (Å²) in [6.07, 6.45) is 5.43. The van der Waals surface area contributed by atoms with Gasteiger partial charge in [0, 0.05) is 24.0 Å². The summed E-state index contributed by atoms with van der Waals surface area (Å²) in [6, 6.07) is -0.275. The number of nitrogens with one attached hydrogen (secondary N) is 2. The third-order valence-corrected chi connectivity index (χ3v) is 6.68. The monoisotopic (exact) mass is 355 g/mol. The minimum absolute atomic E-state index is 0.0325. The Labute approximate surface area is 145 Å². The van der Waals surface area contributed by atoms with E-state index in [2.05, 4.69) is 10.6 Å². The second-order valence-corrected chi connectivity index (χ2v) is 8.08. The second kappa shape index (κ2) is 7.63. The maximum atomic E-state index is 12.3. The number of hydrogen-bond acceptors (Lipinski definition) is 4. The number of likely N-dealkylation sites (tertiary alicyclic amines) is 1. The van der Waals surface area contributed by atoms with Crippen LogP contribution in [0.3, 0.4) is 0 Å². The summed E-state index contributed by atoms with van der Waals surface area (Å²) in [4.78, 5) is 36.5. The molecular weight excluding hydrogens is 330 g/mol. The molecule has 3 heterocycles. The summed E-state index contributed by atoms with van der Waals surface area (Å²) in [6.45, 7) is 0.565. The predicted octanol–water partition coefficient (Wildman–Crippen LogP) is 1.18. The van der Waals surface area contributed by atoms with Gasteiger partial charge in [-0.2, -0.15) is 11.8 Å². The van der Waals surface area contributed by atoms with Crippen LogP contribution in [-0.4, -0.2) is 63.6 Å². The molecule has 134 valence electrons. The Morgan fingerprint density at radius 3 is 2.88 bits per heavy atom. The number of thioether (sulfide) groups is 1. The van der Waals surface area contributed by atoms with E-state index in [1.54, 1.807) is 4.90 Å². The summed E-state index contributed by atoms with van der Waals surface area (Å²) in [7, 11) is 0.